The first-order valence-electron chi connectivity index (χ1n) is 10.5. The van der Waals surface area contributed by atoms with Gasteiger partial charge in [-0.3, -0.25) is 4.55 Å². The van der Waals surface area contributed by atoms with Crippen LogP contribution in [0.4, 0.5) is 11.6 Å². The van der Waals surface area contributed by atoms with Gasteiger partial charge in [0.15, 0.2) is 0 Å². The van der Waals surface area contributed by atoms with E-state index in [-0.39, 0.29) is 54.6 Å². The first kappa shape index (κ1) is 26.4. The quantitative estimate of drug-likeness (QED) is 0.155. The fraction of sp³-hybridized carbons (Fsp3) is 0.0435. The normalized spacial score (nSPS) is 11.7. The molecule has 0 saturated carbocycles. The molecule has 0 radical (unpaired) electrons. The summed E-state index contributed by atoms with van der Waals surface area (Å²) in [6.07, 6.45) is 0.141. The SMILES string of the molecule is O=c1oc2cc(O)c(Cl)cc2cc1-c1cc(S(=O)(=O)O)c(Cc2ccc(Nc3nc(Cl)nc(Cl)n3)cc2)s1. The minimum atomic E-state index is -4.60. The van der Waals surface area contributed by atoms with E-state index in [0.717, 1.165) is 11.3 Å². The van der Waals surface area contributed by atoms with Gasteiger partial charge in [-0.25, -0.2) is 4.79 Å². The average molecular weight is 612 g/mol. The van der Waals surface area contributed by atoms with Crippen LogP contribution >= 0.6 is 46.1 Å². The van der Waals surface area contributed by atoms with Gasteiger partial charge < -0.3 is 14.8 Å². The molecule has 0 spiro atoms. The molecule has 0 unspecified atom stereocenters. The summed E-state index contributed by atoms with van der Waals surface area (Å²) in [6, 6.07) is 12.2. The van der Waals surface area contributed by atoms with Gasteiger partial charge in [-0.2, -0.15) is 23.4 Å². The molecule has 5 rings (SSSR count). The topological polar surface area (TPSA) is 156 Å². The molecular weight excluding hydrogens is 599 g/mol. The van der Waals surface area contributed by atoms with E-state index in [2.05, 4.69) is 20.3 Å². The molecule has 0 saturated heterocycles. The lowest BCUT2D eigenvalue weighted by atomic mass is 10.1. The van der Waals surface area contributed by atoms with E-state index in [1.807, 2.05) is 0 Å². The number of phenols is 1. The zero-order valence-corrected chi connectivity index (χ0v) is 22.5. The summed E-state index contributed by atoms with van der Waals surface area (Å²) in [4.78, 5) is 24.5. The van der Waals surface area contributed by atoms with Crippen LogP contribution in [0.25, 0.3) is 21.4 Å². The molecule has 0 fully saturated rings. The predicted octanol–water partition coefficient (Wildman–Crippen LogP) is 5.95. The summed E-state index contributed by atoms with van der Waals surface area (Å²) >= 11 is 18.6. The lowest BCUT2D eigenvalue weighted by Gasteiger charge is -2.07. The lowest BCUT2D eigenvalue weighted by molar-refractivity contribution is 0.473. The van der Waals surface area contributed by atoms with Crippen molar-refractivity contribution in [3.63, 3.8) is 0 Å². The van der Waals surface area contributed by atoms with E-state index < -0.39 is 15.7 Å². The number of phenolic OH excluding ortho intramolecular Hbond substituents is 1. The molecule has 10 nitrogen and oxygen atoms in total. The number of benzene rings is 2. The average Bonchev–Trinajstić information content (AvgIpc) is 3.24. The predicted molar refractivity (Wildman–Crippen MR) is 145 cm³/mol. The van der Waals surface area contributed by atoms with Crippen LogP contribution < -0.4 is 10.9 Å². The van der Waals surface area contributed by atoms with E-state index in [0.29, 0.717) is 21.5 Å². The fourth-order valence-electron chi connectivity index (χ4n) is 3.59. The van der Waals surface area contributed by atoms with Crippen LogP contribution in [0.3, 0.4) is 0 Å². The van der Waals surface area contributed by atoms with Crippen LogP contribution in [0.1, 0.15) is 10.4 Å². The fourth-order valence-corrected chi connectivity index (χ4v) is 6.36. The number of anilines is 2. The second-order valence-electron chi connectivity index (χ2n) is 7.86. The summed E-state index contributed by atoms with van der Waals surface area (Å²) in [5.74, 6) is -0.103. The van der Waals surface area contributed by atoms with Gasteiger partial charge >= 0.3 is 5.63 Å². The van der Waals surface area contributed by atoms with Crippen molar-refractivity contribution in [1.29, 1.82) is 0 Å². The summed E-state index contributed by atoms with van der Waals surface area (Å²) in [7, 11) is -4.60. The monoisotopic (exact) mass is 610 g/mol. The molecule has 2 aromatic carbocycles. The van der Waals surface area contributed by atoms with Gasteiger partial charge in [0.25, 0.3) is 10.1 Å². The molecule has 5 aromatic rings. The lowest BCUT2D eigenvalue weighted by Crippen LogP contribution is -2.02. The van der Waals surface area contributed by atoms with Crippen LogP contribution in [0, 0.1) is 0 Å². The Bertz CT molecular complexity index is 1860. The first-order valence-corrected chi connectivity index (χ1v) is 13.9. The number of aromatic nitrogens is 3. The number of nitrogens with one attached hydrogen (secondary N) is 1. The molecule has 3 heterocycles. The Hall–Kier alpha value is -3.26. The van der Waals surface area contributed by atoms with Crippen LogP contribution in [-0.2, 0) is 16.5 Å². The maximum Gasteiger partial charge on any atom is 0.345 e. The van der Waals surface area contributed by atoms with Crippen molar-refractivity contribution in [2.24, 2.45) is 0 Å². The summed E-state index contributed by atoms with van der Waals surface area (Å²) < 4.78 is 39.4. The number of nitrogens with zero attached hydrogens (tertiary/aromatic N) is 3. The Morgan fingerprint density at radius 3 is 2.32 bits per heavy atom. The third-order valence-corrected chi connectivity index (χ3v) is 8.13. The molecule has 38 heavy (non-hydrogen) atoms. The Labute approximate surface area is 233 Å². The largest absolute Gasteiger partial charge is 0.506 e. The third kappa shape index (κ3) is 5.60. The Morgan fingerprint density at radius 2 is 1.66 bits per heavy atom. The Morgan fingerprint density at radius 1 is 0.974 bits per heavy atom. The number of hydrogen-bond donors (Lipinski definition) is 3. The smallest absolute Gasteiger partial charge is 0.345 e. The number of halogens is 3. The van der Waals surface area contributed by atoms with Gasteiger partial charge in [0.1, 0.15) is 16.2 Å². The van der Waals surface area contributed by atoms with Gasteiger partial charge in [-0.05, 0) is 59.1 Å². The highest BCUT2D eigenvalue weighted by molar-refractivity contribution is 7.86. The second kappa shape index (κ2) is 10.1. The van der Waals surface area contributed by atoms with Crippen molar-refractivity contribution < 1.29 is 22.5 Å². The first-order chi connectivity index (χ1) is 18.0. The Balaban J connectivity index is 1.47. The maximum absolute atomic E-state index is 12.7. The van der Waals surface area contributed by atoms with Crippen LogP contribution in [-0.4, -0.2) is 33.0 Å². The molecule has 0 bridgehead atoms. The zero-order chi connectivity index (χ0) is 27.2. The van der Waals surface area contributed by atoms with E-state index >= 15 is 0 Å². The minimum Gasteiger partial charge on any atom is -0.506 e. The summed E-state index contributed by atoms with van der Waals surface area (Å²) in [5, 5.41) is 13.0. The number of aromatic hydroxyl groups is 1. The summed E-state index contributed by atoms with van der Waals surface area (Å²) in [6.45, 7) is 0. The molecule has 0 aliphatic carbocycles. The van der Waals surface area contributed by atoms with Gasteiger partial charge in [0, 0.05) is 33.3 Å². The van der Waals surface area contributed by atoms with Crippen LogP contribution in [0.5, 0.6) is 5.75 Å². The zero-order valence-electron chi connectivity index (χ0n) is 18.6. The van der Waals surface area contributed by atoms with Crippen molar-refractivity contribution in [3.05, 3.63) is 85.0 Å². The summed E-state index contributed by atoms with van der Waals surface area (Å²) in [5.41, 5.74) is 0.765. The minimum absolute atomic E-state index is 0.0578. The molecule has 0 atom stereocenters. The molecule has 3 N–H and O–H groups in total. The molecule has 0 amide bonds. The molecule has 3 aromatic heterocycles. The van der Waals surface area contributed by atoms with Crippen molar-refractivity contribution in [1.82, 2.24) is 15.0 Å². The van der Waals surface area contributed by atoms with E-state index in [1.54, 1.807) is 24.3 Å². The van der Waals surface area contributed by atoms with Gasteiger partial charge in [0.05, 0.1) is 10.6 Å². The van der Waals surface area contributed by atoms with Gasteiger partial charge in [-0.1, -0.05) is 23.7 Å². The highest BCUT2D eigenvalue weighted by Gasteiger charge is 2.23. The van der Waals surface area contributed by atoms with E-state index in [1.165, 1.54) is 24.3 Å². The maximum atomic E-state index is 12.7. The van der Waals surface area contributed by atoms with E-state index in [9.17, 15) is 22.9 Å². The number of fused-ring (bicyclic) bond motifs is 1. The number of rotatable bonds is 6. The molecule has 0 aliphatic heterocycles. The van der Waals surface area contributed by atoms with Gasteiger partial charge in [-0.15, -0.1) is 11.3 Å². The standard InChI is InChI=1S/C23H13Cl3N4O6S2/c24-14-7-11-6-13(20(32)36-16(11)8-15(14)31)17-9-19(38(33,34)35)18(37-17)5-10-1-3-12(4-2-10)27-23-29-21(25)28-22(26)30-23/h1-4,6-9,31H,5H2,(H,33,34,35)(H,27,28,29,30). The Kier molecular flexibility index (Phi) is 7.03. The van der Waals surface area contributed by atoms with Crippen LogP contribution in [0.15, 0.2) is 62.6 Å². The van der Waals surface area contributed by atoms with Crippen molar-refractivity contribution in [2.75, 3.05) is 5.32 Å². The molecule has 194 valence electrons. The number of hydrogen-bond acceptors (Lipinski definition) is 10. The highest BCUT2D eigenvalue weighted by atomic mass is 35.5. The molecular formula is C23H13Cl3N4O6S2. The number of thiophene rings is 1. The van der Waals surface area contributed by atoms with Crippen molar-refractivity contribution in [3.8, 4) is 16.2 Å². The molecule has 15 heteroatoms. The van der Waals surface area contributed by atoms with Crippen molar-refractivity contribution in [2.45, 2.75) is 11.3 Å². The molecule has 0 aliphatic rings. The van der Waals surface area contributed by atoms with Gasteiger partial charge in [0.2, 0.25) is 16.5 Å². The highest BCUT2D eigenvalue weighted by Crippen LogP contribution is 2.36. The third-order valence-electron chi connectivity index (χ3n) is 5.27. The van der Waals surface area contributed by atoms with E-state index in [4.69, 9.17) is 39.2 Å². The second-order valence-corrected chi connectivity index (χ2v) is 11.5. The van der Waals surface area contributed by atoms with Crippen LogP contribution in [0.2, 0.25) is 15.6 Å². The van der Waals surface area contributed by atoms with Crippen molar-refractivity contribution >= 4 is 78.9 Å².